The van der Waals surface area contributed by atoms with E-state index in [9.17, 15) is 13.6 Å². The number of benzene rings is 1. The lowest BCUT2D eigenvalue weighted by Crippen LogP contribution is -3.01. The van der Waals surface area contributed by atoms with Gasteiger partial charge in [0.05, 0.1) is 23.7 Å². The highest BCUT2D eigenvalue weighted by Gasteiger charge is 2.30. The van der Waals surface area contributed by atoms with Crippen molar-refractivity contribution in [3.63, 3.8) is 0 Å². The highest BCUT2D eigenvalue weighted by Crippen LogP contribution is 2.22. The lowest BCUT2D eigenvalue weighted by Gasteiger charge is -2.24. The van der Waals surface area contributed by atoms with Crippen LogP contribution in [0.25, 0.3) is 0 Å². The molecular formula is C26H38F2N7O2+3. The molecule has 1 amide bonds. The molecule has 1 aromatic rings. The second-order valence-corrected chi connectivity index (χ2v) is 10.1. The molecule has 2 rings (SSSR count). The first-order valence-corrected chi connectivity index (χ1v) is 12.0. The van der Waals surface area contributed by atoms with Gasteiger partial charge >= 0.3 is 17.8 Å². The summed E-state index contributed by atoms with van der Waals surface area (Å²) in [6, 6.07) is 2.68. The zero-order chi connectivity index (χ0) is 27.9. The third-order valence-corrected chi connectivity index (χ3v) is 5.48. The summed E-state index contributed by atoms with van der Waals surface area (Å²) in [5.41, 5.74) is 5.88. The molecular weight excluding hydrogens is 480 g/mol. The smallest absolute Gasteiger partial charge is 0.410 e. The van der Waals surface area contributed by atoms with E-state index in [0.717, 1.165) is 18.3 Å². The fourth-order valence-electron chi connectivity index (χ4n) is 3.46. The Kier molecular flexibility index (Phi) is 9.96. The number of hydrogen-bond donors (Lipinski definition) is 5. The van der Waals surface area contributed by atoms with Crippen LogP contribution in [0.2, 0.25) is 0 Å². The molecule has 1 atom stereocenters. The van der Waals surface area contributed by atoms with Gasteiger partial charge in [0.25, 0.3) is 0 Å². The minimum atomic E-state index is -0.851. The number of aliphatic imine (C=N–C) groups is 1. The van der Waals surface area contributed by atoms with Gasteiger partial charge in [-0.2, -0.15) is 5.32 Å². The number of nitrogens with one attached hydrogen (secondary N) is 1. The summed E-state index contributed by atoms with van der Waals surface area (Å²) < 4.78 is 33.9. The number of allylic oxidation sites excluding steroid dienone is 2. The Labute approximate surface area is 216 Å². The molecule has 37 heavy (non-hydrogen) atoms. The van der Waals surface area contributed by atoms with Crippen molar-refractivity contribution in [3.8, 4) is 0 Å². The standard InChI is InChI=1S/C26H35F2N7O2/c1-15(2)24(32)34-22(31)9-8-21(30)19(13-29)23(18-7-6-16(27)12-20(18)28)33-17-10-11-35(14-17)25(36)37-26(3,4)5/h6-9,12-13,15,17,29H,10-11,14,30H2,1-5H3,(H3,31,32,34)/p+3/b9-8-,21-19+,29-13?,33-23?. The number of carbonyl (C=O) groups excluding carboxylic acids is 1. The number of nitrogens with two attached hydrogens (primary N) is 4. The molecule has 0 aliphatic carbocycles. The fraction of sp³-hybridized carbons (Fsp3) is 0.423. The van der Waals surface area contributed by atoms with Crippen LogP contribution in [0, 0.1) is 23.0 Å². The van der Waals surface area contributed by atoms with E-state index >= 15 is 0 Å². The minimum Gasteiger partial charge on any atom is -0.444 e. The monoisotopic (exact) mass is 518 g/mol. The van der Waals surface area contributed by atoms with E-state index in [0.29, 0.717) is 24.6 Å². The van der Waals surface area contributed by atoms with Crippen molar-refractivity contribution in [1.29, 1.82) is 5.41 Å². The lowest BCUT2D eigenvalue weighted by molar-refractivity contribution is -0.485. The van der Waals surface area contributed by atoms with Gasteiger partial charge in [0, 0.05) is 42.2 Å². The normalized spacial score (nSPS) is 17.2. The van der Waals surface area contributed by atoms with Crippen LogP contribution in [0.15, 0.2) is 46.6 Å². The van der Waals surface area contributed by atoms with Crippen molar-refractivity contribution in [2.45, 2.75) is 52.7 Å². The fourth-order valence-corrected chi connectivity index (χ4v) is 3.46. The van der Waals surface area contributed by atoms with Crippen LogP contribution >= 0.6 is 0 Å². The minimum absolute atomic E-state index is 0.0205. The SMILES string of the molecule is CC(C)C(=[NH2+])[NH2+]C(=[NH2+])/C=C\C(N)=C(\C=N)C(=NC1CCN(C(=O)OC(C)(C)C)C1)c1ccc(F)cc1F. The van der Waals surface area contributed by atoms with Crippen molar-refractivity contribution in [2.24, 2.45) is 16.6 Å². The molecule has 1 aliphatic heterocycles. The highest BCUT2D eigenvalue weighted by molar-refractivity contribution is 6.24. The quantitative estimate of drug-likeness (QED) is 0.191. The predicted octanol–water partition coefficient (Wildman–Crippen LogP) is -0.284. The van der Waals surface area contributed by atoms with Crippen LogP contribution < -0.4 is 21.9 Å². The molecule has 1 unspecified atom stereocenters. The van der Waals surface area contributed by atoms with Crippen LogP contribution in [0.1, 0.15) is 46.6 Å². The van der Waals surface area contributed by atoms with Crippen LogP contribution in [0.4, 0.5) is 13.6 Å². The Morgan fingerprint density at radius 3 is 2.54 bits per heavy atom. The molecule has 9 N–H and O–H groups in total. The third kappa shape index (κ3) is 8.71. The summed E-state index contributed by atoms with van der Waals surface area (Å²) in [5.74, 6) is -0.570. The van der Waals surface area contributed by atoms with E-state index in [-0.39, 0.29) is 35.0 Å². The maximum Gasteiger partial charge on any atom is 0.410 e. The number of ether oxygens (including phenoxy) is 1. The first-order valence-electron chi connectivity index (χ1n) is 12.0. The Morgan fingerprint density at radius 2 is 1.97 bits per heavy atom. The lowest BCUT2D eigenvalue weighted by atomic mass is 9.99. The van der Waals surface area contributed by atoms with E-state index in [4.69, 9.17) is 26.7 Å². The van der Waals surface area contributed by atoms with E-state index in [1.54, 1.807) is 26.1 Å². The van der Waals surface area contributed by atoms with Crippen molar-refractivity contribution in [3.05, 3.63) is 58.8 Å². The number of amides is 1. The predicted molar refractivity (Wildman–Crippen MR) is 139 cm³/mol. The van der Waals surface area contributed by atoms with Crippen molar-refractivity contribution < 1.29 is 34.4 Å². The molecule has 0 saturated carbocycles. The molecule has 1 heterocycles. The second-order valence-electron chi connectivity index (χ2n) is 10.1. The van der Waals surface area contributed by atoms with Crippen LogP contribution in [0.5, 0.6) is 0 Å². The number of quaternary nitrogens is 1. The van der Waals surface area contributed by atoms with Crippen molar-refractivity contribution >= 4 is 29.7 Å². The summed E-state index contributed by atoms with van der Waals surface area (Å²) in [5, 5.41) is 21.5. The summed E-state index contributed by atoms with van der Waals surface area (Å²) in [6.45, 7) is 9.83. The van der Waals surface area contributed by atoms with Gasteiger partial charge in [0.15, 0.2) is 0 Å². The third-order valence-electron chi connectivity index (χ3n) is 5.48. The Balaban J connectivity index is 2.43. The van der Waals surface area contributed by atoms with Crippen LogP contribution in [-0.4, -0.2) is 59.3 Å². The maximum absolute atomic E-state index is 14.9. The molecule has 1 aliphatic rings. The molecule has 1 aromatic carbocycles. The molecule has 9 nitrogen and oxygen atoms in total. The summed E-state index contributed by atoms with van der Waals surface area (Å²) in [6.07, 6.45) is 3.97. The number of amidine groups is 2. The molecule has 0 aromatic heterocycles. The van der Waals surface area contributed by atoms with Crippen LogP contribution in [0.3, 0.4) is 0 Å². The number of rotatable bonds is 7. The second kappa shape index (κ2) is 12.5. The number of hydrogen-bond acceptors (Lipinski definition) is 5. The topological polar surface area (TPSA) is 160 Å². The average Bonchev–Trinajstić information content (AvgIpc) is 3.25. The van der Waals surface area contributed by atoms with Gasteiger partial charge in [0.2, 0.25) is 0 Å². The Bertz CT molecular complexity index is 1150. The first-order chi connectivity index (χ1) is 17.2. The van der Waals surface area contributed by atoms with Crippen molar-refractivity contribution in [2.75, 3.05) is 13.1 Å². The Hall–Kier alpha value is -3.73. The molecule has 200 valence electrons. The molecule has 0 bridgehead atoms. The van der Waals surface area contributed by atoms with Gasteiger partial charge in [-0.1, -0.05) is 0 Å². The van der Waals surface area contributed by atoms with Gasteiger partial charge in [-0.15, -0.1) is 0 Å². The summed E-state index contributed by atoms with van der Waals surface area (Å²) in [7, 11) is 0. The van der Waals surface area contributed by atoms with E-state index in [2.05, 4.69) is 4.99 Å². The molecule has 11 heteroatoms. The van der Waals surface area contributed by atoms with E-state index < -0.39 is 29.4 Å². The van der Waals surface area contributed by atoms with Gasteiger partial charge < -0.3 is 20.8 Å². The van der Waals surface area contributed by atoms with Gasteiger partial charge in [-0.3, -0.25) is 4.99 Å². The molecule has 1 fully saturated rings. The number of carbonyl (C=O) groups is 1. The number of nitrogens with zero attached hydrogens (tertiary/aromatic N) is 2. The largest absolute Gasteiger partial charge is 0.444 e. The zero-order valence-electron chi connectivity index (χ0n) is 22.0. The number of likely N-dealkylation sites (tertiary alicyclic amines) is 1. The van der Waals surface area contributed by atoms with Gasteiger partial charge in [0.1, 0.15) is 17.2 Å². The summed E-state index contributed by atoms with van der Waals surface area (Å²) in [4.78, 5) is 18.7. The average molecular weight is 519 g/mol. The van der Waals surface area contributed by atoms with Gasteiger partial charge in [-0.25, -0.2) is 24.4 Å². The summed E-state index contributed by atoms with van der Waals surface area (Å²) >= 11 is 0. The zero-order valence-corrected chi connectivity index (χ0v) is 22.0. The van der Waals surface area contributed by atoms with Crippen LogP contribution in [-0.2, 0) is 4.74 Å². The van der Waals surface area contributed by atoms with Gasteiger partial charge in [-0.05, 0) is 59.2 Å². The Morgan fingerprint density at radius 1 is 1.30 bits per heavy atom. The molecule has 0 radical (unpaired) electrons. The van der Waals surface area contributed by atoms with E-state index in [1.807, 2.05) is 13.8 Å². The van der Waals surface area contributed by atoms with Crippen molar-refractivity contribution in [1.82, 2.24) is 4.90 Å². The highest BCUT2D eigenvalue weighted by atomic mass is 19.1. The number of halogens is 2. The first kappa shape index (κ1) is 29.5. The van der Waals surface area contributed by atoms with E-state index in [1.165, 1.54) is 23.1 Å². The maximum atomic E-state index is 14.9. The molecule has 0 spiro atoms. The molecule has 1 saturated heterocycles.